The van der Waals surface area contributed by atoms with Crippen molar-refractivity contribution >= 4 is 11.6 Å². The number of hydrogen-bond donors (Lipinski definition) is 1. The molecule has 0 saturated carbocycles. The van der Waals surface area contributed by atoms with Crippen LogP contribution in [0.5, 0.6) is 0 Å². The van der Waals surface area contributed by atoms with Crippen LogP contribution in [0, 0.1) is 23.7 Å². The normalized spacial score (nSPS) is 13.6. The first-order chi connectivity index (χ1) is 7.53. The molecule has 0 saturated heterocycles. The molecule has 1 aromatic rings. The van der Waals surface area contributed by atoms with Gasteiger partial charge in [0.25, 0.3) is 0 Å². The summed E-state index contributed by atoms with van der Waals surface area (Å²) in [7, 11) is 0. The predicted octanol–water partition coefficient (Wildman–Crippen LogP) is 2.87. The van der Waals surface area contributed by atoms with E-state index in [0.717, 1.165) is 11.3 Å². The number of carbonyl (C=O) groups is 1. The zero-order valence-corrected chi connectivity index (χ0v) is 9.87. The van der Waals surface area contributed by atoms with Crippen molar-refractivity contribution in [2.45, 2.75) is 27.2 Å². The van der Waals surface area contributed by atoms with Crippen molar-refractivity contribution < 1.29 is 4.79 Å². The molecule has 84 valence electrons. The summed E-state index contributed by atoms with van der Waals surface area (Å²) in [5.41, 5.74) is 0.803. The van der Waals surface area contributed by atoms with Gasteiger partial charge in [-0.15, -0.1) is 0 Å². The number of aryl methyl sites for hydroxylation is 1. The Bertz CT molecular complexity index is 434. The minimum atomic E-state index is -0.956. The first-order valence-corrected chi connectivity index (χ1v) is 5.32. The lowest BCUT2D eigenvalue weighted by Gasteiger charge is -2.19. The zero-order chi connectivity index (χ0) is 12.2. The maximum atomic E-state index is 11.9. The quantitative estimate of drug-likeness (QED) is 0.844. The minimum absolute atomic E-state index is 0.244. The van der Waals surface area contributed by atoms with E-state index in [4.69, 9.17) is 5.26 Å². The van der Waals surface area contributed by atoms with E-state index in [1.165, 1.54) is 0 Å². The van der Waals surface area contributed by atoms with E-state index in [2.05, 4.69) is 11.4 Å². The number of rotatable bonds is 3. The van der Waals surface area contributed by atoms with Crippen LogP contribution in [0.1, 0.15) is 25.8 Å². The average Bonchev–Trinajstić information content (AvgIpc) is 2.31. The van der Waals surface area contributed by atoms with Gasteiger partial charge in [-0.1, -0.05) is 25.1 Å². The Hall–Kier alpha value is -1.82. The molecule has 3 nitrogen and oxygen atoms in total. The number of benzene rings is 1. The summed E-state index contributed by atoms with van der Waals surface area (Å²) in [5, 5.41) is 11.8. The minimum Gasteiger partial charge on any atom is -0.324 e. The molecule has 1 atom stereocenters. The van der Waals surface area contributed by atoms with Gasteiger partial charge in [0.2, 0.25) is 5.91 Å². The highest BCUT2D eigenvalue weighted by Crippen LogP contribution is 2.23. The Labute approximate surface area is 96.1 Å². The Morgan fingerprint density at radius 2 is 2.12 bits per heavy atom. The van der Waals surface area contributed by atoms with Gasteiger partial charge in [-0.2, -0.15) is 5.26 Å². The first-order valence-electron chi connectivity index (χ1n) is 5.32. The van der Waals surface area contributed by atoms with E-state index in [1.54, 1.807) is 6.92 Å². The van der Waals surface area contributed by atoms with Crippen LogP contribution in [-0.4, -0.2) is 5.91 Å². The number of nitrogens with one attached hydrogen (secondary N) is 1. The van der Waals surface area contributed by atoms with Crippen molar-refractivity contribution in [2.75, 3.05) is 5.32 Å². The molecule has 1 rings (SSSR count). The van der Waals surface area contributed by atoms with E-state index in [0.29, 0.717) is 6.42 Å². The van der Waals surface area contributed by atoms with Crippen molar-refractivity contribution in [3.8, 4) is 6.07 Å². The van der Waals surface area contributed by atoms with Crippen LogP contribution in [0.15, 0.2) is 24.3 Å². The van der Waals surface area contributed by atoms with E-state index >= 15 is 0 Å². The fourth-order valence-corrected chi connectivity index (χ4v) is 1.26. The van der Waals surface area contributed by atoms with Gasteiger partial charge in [0, 0.05) is 5.69 Å². The number of anilines is 1. The van der Waals surface area contributed by atoms with Crippen molar-refractivity contribution in [3.05, 3.63) is 29.8 Å². The molecule has 1 unspecified atom stereocenters. The SMILES string of the molecule is CCC(C)(C#N)C(=O)Nc1ccccc1C. The summed E-state index contributed by atoms with van der Waals surface area (Å²) < 4.78 is 0. The lowest BCUT2D eigenvalue weighted by atomic mass is 9.88. The van der Waals surface area contributed by atoms with Crippen molar-refractivity contribution in [1.29, 1.82) is 5.26 Å². The number of carbonyl (C=O) groups excluding carboxylic acids is 1. The highest BCUT2D eigenvalue weighted by Gasteiger charge is 2.31. The third-order valence-corrected chi connectivity index (χ3v) is 2.85. The summed E-state index contributed by atoms with van der Waals surface area (Å²) in [5.74, 6) is -0.244. The number of nitriles is 1. The molecule has 0 bridgehead atoms. The van der Waals surface area contributed by atoms with Gasteiger partial charge in [-0.3, -0.25) is 4.79 Å². The molecule has 0 spiro atoms. The molecule has 0 heterocycles. The van der Waals surface area contributed by atoms with Crippen molar-refractivity contribution in [1.82, 2.24) is 0 Å². The second kappa shape index (κ2) is 4.80. The van der Waals surface area contributed by atoms with Crippen molar-refractivity contribution in [2.24, 2.45) is 5.41 Å². The highest BCUT2D eigenvalue weighted by molar-refractivity contribution is 5.97. The van der Waals surface area contributed by atoms with Gasteiger partial charge in [-0.05, 0) is 31.9 Å². The molecule has 0 radical (unpaired) electrons. The molecular formula is C13H16N2O. The summed E-state index contributed by atoms with van der Waals surface area (Å²) in [4.78, 5) is 11.9. The van der Waals surface area contributed by atoms with Gasteiger partial charge in [0.15, 0.2) is 0 Å². The molecule has 0 fully saturated rings. The second-order valence-corrected chi connectivity index (χ2v) is 4.07. The Kier molecular flexibility index (Phi) is 3.68. The van der Waals surface area contributed by atoms with Crippen LogP contribution >= 0.6 is 0 Å². The van der Waals surface area contributed by atoms with E-state index in [1.807, 2.05) is 38.1 Å². The standard InChI is InChI=1S/C13H16N2O/c1-4-13(3,9-14)12(16)15-11-8-6-5-7-10(11)2/h5-8H,4H2,1-3H3,(H,15,16). The summed E-state index contributed by atoms with van der Waals surface area (Å²) in [6.07, 6.45) is 0.501. The largest absolute Gasteiger partial charge is 0.324 e. The maximum absolute atomic E-state index is 11.9. The second-order valence-electron chi connectivity index (χ2n) is 4.07. The third kappa shape index (κ3) is 2.40. The van der Waals surface area contributed by atoms with E-state index in [-0.39, 0.29) is 5.91 Å². The van der Waals surface area contributed by atoms with Crippen LogP contribution < -0.4 is 5.32 Å². The summed E-state index contributed by atoms with van der Waals surface area (Å²) in [6, 6.07) is 9.58. The predicted molar refractivity (Wildman–Crippen MR) is 63.8 cm³/mol. The average molecular weight is 216 g/mol. The monoisotopic (exact) mass is 216 g/mol. The molecular weight excluding hydrogens is 200 g/mol. The number of hydrogen-bond acceptors (Lipinski definition) is 2. The van der Waals surface area contributed by atoms with Gasteiger partial charge in [0.05, 0.1) is 6.07 Å². The molecule has 3 heteroatoms. The first kappa shape index (κ1) is 12.3. The summed E-state index contributed by atoms with van der Waals surface area (Å²) >= 11 is 0. The third-order valence-electron chi connectivity index (χ3n) is 2.85. The molecule has 1 aromatic carbocycles. The van der Waals surface area contributed by atoms with Crippen LogP contribution in [-0.2, 0) is 4.79 Å². The van der Waals surface area contributed by atoms with Gasteiger partial charge in [0.1, 0.15) is 5.41 Å². The van der Waals surface area contributed by atoms with E-state index < -0.39 is 5.41 Å². The fraction of sp³-hybridized carbons (Fsp3) is 0.385. The van der Waals surface area contributed by atoms with Crippen LogP contribution in [0.3, 0.4) is 0 Å². The molecule has 1 N–H and O–H groups in total. The van der Waals surface area contributed by atoms with Gasteiger partial charge >= 0.3 is 0 Å². The van der Waals surface area contributed by atoms with Crippen LogP contribution in [0.2, 0.25) is 0 Å². The molecule has 16 heavy (non-hydrogen) atoms. The van der Waals surface area contributed by atoms with Gasteiger partial charge in [-0.25, -0.2) is 0 Å². The van der Waals surface area contributed by atoms with Gasteiger partial charge < -0.3 is 5.32 Å². The fourth-order valence-electron chi connectivity index (χ4n) is 1.26. The topological polar surface area (TPSA) is 52.9 Å². The van der Waals surface area contributed by atoms with Crippen LogP contribution in [0.25, 0.3) is 0 Å². The highest BCUT2D eigenvalue weighted by atomic mass is 16.2. The number of nitrogens with zero attached hydrogens (tertiary/aromatic N) is 1. The molecule has 0 aliphatic carbocycles. The van der Waals surface area contributed by atoms with Crippen LogP contribution in [0.4, 0.5) is 5.69 Å². The van der Waals surface area contributed by atoms with Crippen molar-refractivity contribution in [3.63, 3.8) is 0 Å². The maximum Gasteiger partial charge on any atom is 0.244 e. The molecule has 0 aliphatic heterocycles. The lowest BCUT2D eigenvalue weighted by Crippen LogP contribution is -2.31. The summed E-state index contributed by atoms with van der Waals surface area (Å²) in [6.45, 7) is 5.41. The number of para-hydroxylation sites is 1. The molecule has 1 amide bonds. The molecule has 0 aromatic heterocycles. The van der Waals surface area contributed by atoms with E-state index in [9.17, 15) is 4.79 Å². The smallest absolute Gasteiger partial charge is 0.244 e. The Morgan fingerprint density at radius 1 is 1.50 bits per heavy atom. The molecule has 0 aliphatic rings. The number of amides is 1. The Balaban J connectivity index is 2.88. The Morgan fingerprint density at radius 3 is 2.62 bits per heavy atom. The lowest BCUT2D eigenvalue weighted by molar-refractivity contribution is -0.122. The zero-order valence-electron chi connectivity index (χ0n) is 9.87.